The van der Waals surface area contributed by atoms with Crippen molar-refractivity contribution < 1.29 is 0 Å². The quantitative estimate of drug-likeness (QED) is 0.766. The molecule has 108 valence electrons. The Bertz CT molecular complexity index is 397. The topological polar surface area (TPSA) is 24.9 Å². The van der Waals surface area contributed by atoms with Gasteiger partial charge in [-0.3, -0.25) is 0 Å². The third-order valence-corrected chi connectivity index (χ3v) is 5.28. The minimum atomic E-state index is 0.544. The van der Waals surface area contributed by atoms with Gasteiger partial charge in [-0.1, -0.05) is 34.1 Å². The summed E-state index contributed by atoms with van der Waals surface area (Å²) in [6.45, 7) is 11.2. The second-order valence-corrected chi connectivity index (χ2v) is 7.42. The Labute approximate surface area is 122 Å². The van der Waals surface area contributed by atoms with Crippen LogP contribution in [-0.2, 0) is 6.54 Å². The van der Waals surface area contributed by atoms with E-state index < -0.39 is 0 Å². The molecule has 0 aromatic carbocycles. The van der Waals surface area contributed by atoms with Crippen molar-refractivity contribution in [2.24, 2.45) is 5.92 Å². The summed E-state index contributed by atoms with van der Waals surface area (Å²) in [5.74, 6) is 2.16. The smallest absolute Gasteiger partial charge is 0.0962 e. The molecule has 1 aliphatic rings. The first kappa shape index (κ1) is 15.0. The molecule has 1 heterocycles. The molecule has 1 aromatic heterocycles. The van der Waals surface area contributed by atoms with Crippen molar-refractivity contribution in [1.29, 1.82) is 0 Å². The number of hydrogen-bond donors (Lipinski definition) is 1. The first-order chi connectivity index (χ1) is 9.11. The summed E-state index contributed by atoms with van der Waals surface area (Å²) >= 11 is 1.96. The van der Waals surface area contributed by atoms with E-state index in [1.54, 1.807) is 0 Å². The fraction of sp³-hybridized carbons (Fsp3) is 0.812. The summed E-state index contributed by atoms with van der Waals surface area (Å²) in [6.07, 6.45) is 5.26. The molecule has 0 spiro atoms. The maximum atomic E-state index is 4.98. The van der Waals surface area contributed by atoms with Crippen LogP contribution in [0.1, 0.15) is 80.8 Å². The van der Waals surface area contributed by atoms with Crippen LogP contribution in [0.4, 0.5) is 0 Å². The Kier molecular flexibility index (Phi) is 5.40. The third-order valence-electron chi connectivity index (χ3n) is 4.05. The summed E-state index contributed by atoms with van der Waals surface area (Å²) in [6, 6.07) is 0. The van der Waals surface area contributed by atoms with Crippen LogP contribution in [0.25, 0.3) is 0 Å². The predicted octanol–water partition coefficient (Wildman–Crippen LogP) is 4.67. The highest BCUT2D eigenvalue weighted by Crippen LogP contribution is 2.41. The van der Waals surface area contributed by atoms with E-state index in [1.165, 1.54) is 41.3 Å². The van der Waals surface area contributed by atoms with Gasteiger partial charge in [0.05, 0.1) is 10.7 Å². The van der Waals surface area contributed by atoms with E-state index in [0.29, 0.717) is 5.92 Å². The summed E-state index contributed by atoms with van der Waals surface area (Å²) in [4.78, 5) is 6.45. The molecule has 0 bridgehead atoms. The molecule has 19 heavy (non-hydrogen) atoms. The molecular formula is C16H28N2S. The highest BCUT2D eigenvalue weighted by Gasteiger charge is 2.27. The molecule has 2 nitrogen and oxygen atoms in total. The molecule has 0 amide bonds. The van der Waals surface area contributed by atoms with E-state index in [4.69, 9.17) is 4.98 Å². The fourth-order valence-electron chi connectivity index (χ4n) is 2.94. The Hall–Kier alpha value is -0.410. The summed E-state index contributed by atoms with van der Waals surface area (Å²) in [7, 11) is 0. The molecule has 1 aliphatic carbocycles. The normalized spacial score (nSPS) is 23.4. The fourth-order valence-corrected chi connectivity index (χ4v) is 4.28. The maximum absolute atomic E-state index is 4.98. The van der Waals surface area contributed by atoms with Crippen LogP contribution in [0, 0.1) is 5.92 Å². The SMILES string of the molecule is CCCNCc1sc(C2CCC(C)C2)nc1C(C)C. The number of hydrogen-bond acceptors (Lipinski definition) is 3. The largest absolute Gasteiger partial charge is 0.312 e. The molecule has 0 saturated heterocycles. The monoisotopic (exact) mass is 280 g/mol. The van der Waals surface area contributed by atoms with E-state index in [2.05, 4.69) is 33.0 Å². The van der Waals surface area contributed by atoms with Gasteiger partial charge in [0.1, 0.15) is 0 Å². The van der Waals surface area contributed by atoms with E-state index in [-0.39, 0.29) is 0 Å². The van der Waals surface area contributed by atoms with E-state index >= 15 is 0 Å². The van der Waals surface area contributed by atoms with Gasteiger partial charge in [-0.05, 0) is 37.6 Å². The zero-order chi connectivity index (χ0) is 13.8. The van der Waals surface area contributed by atoms with Gasteiger partial charge in [0, 0.05) is 17.3 Å². The summed E-state index contributed by atoms with van der Waals surface area (Å²) < 4.78 is 0. The Morgan fingerprint density at radius 3 is 2.74 bits per heavy atom. The number of rotatable bonds is 6. The summed E-state index contributed by atoms with van der Waals surface area (Å²) in [5, 5.41) is 4.93. The lowest BCUT2D eigenvalue weighted by atomic mass is 10.1. The Balaban J connectivity index is 2.10. The van der Waals surface area contributed by atoms with Crippen LogP contribution < -0.4 is 5.32 Å². The molecule has 1 fully saturated rings. The van der Waals surface area contributed by atoms with Gasteiger partial charge in [0.25, 0.3) is 0 Å². The summed E-state index contributed by atoms with van der Waals surface area (Å²) in [5.41, 5.74) is 1.34. The van der Waals surface area contributed by atoms with Crippen molar-refractivity contribution in [1.82, 2.24) is 10.3 Å². The van der Waals surface area contributed by atoms with Crippen LogP contribution in [-0.4, -0.2) is 11.5 Å². The zero-order valence-corrected chi connectivity index (χ0v) is 13.6. The highest BCUT2D eigenvalue weighted by molar-refractivity contribution is 7.11. The third kappa shape index (κ3) is 3.79. The van der Waals surface area contributed by atoms with Gasteiger partial charge in [-0.25, -0.2) is 4.98 Å². The molecule has 1 aromatic rings. The molecule has 2 unspecified atom stereocenters. The van der Waals surface area contributed by atoms with Gasteiger partial charge >= 0.3 is 0 Å². The number of thiazole rings is 1. The second-order valence-electron chi connectivity index (χ2n) is 6.31. The Morgan fingerprint density at radius 1 is 1.37 bits per heavy atom. The molecule has 0 aliphatic heterocycles. The predicted molar refractivity (Wildman–Crippen MR) is 84.0 cm³/mol. The van der Waals surface area contributed by atoms with Gasteiger partial charge in [-0.15, -0.1) is 11.3 Å². The lowest BCUT2D eigenvalue weighted by Crippen LogP contribution is -2.14. The van der Waals surface area contributed by atoms with E-state index in [0.717, 1.165) is 24.9 Å². The first-order valence-corrected chi connectivity index (χ1v) is 8.63. The molecular weight excluding hydrogens is 252 g/mol. The van der Waals surface area contributed by atoms with Crippen molar-refractivity contribution >= 4 is 11.3 Å². The average Bonchev–Trinajstić information content (AvgIpc) is 2.96. The maximum Gasteiger partial charge on any atom is 0.0962 e. The zero-order valence-electron chi connectivity index (χ0n) is 12.8. The van der Waals surface area contributed by atoms with E-state index in [1.807, 2.05) is 11.3 Å². The molecule has 0 radical (unpaired) electrons. The minimum absolute atomic E-state index is 0.544. The van der Waals surface area contributed by atoms with Crippen molar-refractivity contribution in [3.8, 4) is 0 Å². The van der Waals surface area contributed by atoms with Gasteiger partial charge in [0.2, 0.25) is 0 Å². The first-order valence-electron chi connectivity index (χ1n) is 7.82. The van der Waals surface area contributed by atoms with Crippen LogP contribution in [0.3, 0.4) is 0 Å². The molecule has 1 N–H and O–H groups in total. The van der Waals surface area contributed by atoms with Crippen LogP contribution in [0.2, 0.25) is 0 Å². The van der Waals surface area contributed by atoms with Crippen LogP contribution in [0.15, 0.2) is 0 Å². The lowest BCUT2D eigenvalue weighted by molar-refractivity contribution is 0.594. The lowest BCUT2D eigenvalue weighted by Gasteiger charge is -2.05. The number of nitrogens with zero attached hydrogens (tertiary/aromatic N) is 1. The van der Waals surface area contributed by atoms with E-state index in [9.17, 15) is 0 Å². The van der Waals surface area contributed by atoms with Crippen molar-refractivity contribution in [2.75, 3.05) is 6.54 Å². The van der Waals surface area contributed by atoms with Crippen LogP contribution in [0.5, 0.6) is 0 Å². The van der Waals surface area contributed by atoms with Crippen molar-refractivity contribution in [3.63, 3.8) is 0 Å². The minimum Gasteiger partial charge on any atom is -0.312 e. The van der Waals surface area contributed by atoms with Gasteiger partial charge < -0.3 is 5.32 Å². The van der Waals surface area contributed by atoms with Crippen molar-refractivity contribution in [3.05, 3.63) is 15.6 Å². The molecule has 2 rings (SSSR count). The van der Waals surface area contributed by atoms with Gasteiger partial charge in [0.15, 0.2) is 0 Å². The molecule has 1 saturated carbocycles. The van der Waals surface area contributed by atoms with Crippen molar-refractivity contribution in [2.45, 2.75) is 71.8 Å². The number of nitrogens with one attached hydrogen (secondary N) is 1. The van der Waals surface area contributed by atoms with Crippen LogP contribution >= 0.6 is 11.3 Å². The Morgan fingerprint density at radius 2 is 2.16 bits per heavy atom. The highest BCUT2D eigenvalue weighted by atomic mass is 32.1. The standard InChI is InChI=1S/C16H28N2S/c1-5-8-17-10-14-15(11(2)3)18-16(19-14)13-7-6-12(4)9-13/h11-13,17H,5-10H2,1-4H3. The molecule has 2 atom stereocenters. The number of aromatic nitrogens is 1. The average molecular weight is 280 g/mol. The second kappa shape index (κ2) is 6.85. The van der Waals surface area contributed by atoms with Gasteiger partial charge in [-0.2, -0.15) is 0 Å². The molecule has 3 heteroatoms.